The van der Waals surface area contributed by atoms with E-state index in [9.17, 15) is 8.42 Å². The smallest absolute Gasteiger partial charge is 0.195 e. The molecule has 0 aromatic rings. The van der Waals surface area contributed by atoms with E-state index in [0.29, 0.717) is 5.88 Å². The van der Waals surface area contributed by atoms with Crippen molar-refractivity contribution in [1.29, 1.82) is 0 Å². The van der Waals surface area contributed by atoms with Crippen molar-refractivity contribution < 1.29 is 8.42 Å². The van der Waals surface area contributed by atoms with Crippen molar-refractivity contribution in [2.45, 2.75) is 57.5 Å². The molecule has 0 spiro atoms. The van der Waals surface area contributed by atoms with Gasteiger partial charge in [0.25, 0.3) is 10.2 Å². The highest BCUT2D eigenvalue weighted by Crippen LogP contribution is 2.30. The Kier molecular flexibility index (Phi) is 5.25. The summed E-state index contributed by atoms with van der Waals surface area (Å²) in [6.07, 6.45) is 4.92. The molecule has 1 N–H and O–H groups in total. The summed E-state index contributed by atoms with van der Waals surface area (Å²) in [4.78, 5) is 0. The van der Waals surface area contributed by atoms with E-state index >= 15 is 0 Å². The molecular formula is C11H23ClN2O2S. The number of hydrogen-bond acceptors (Lipinski definition) is 2. The Bertz CT molecular complexity index is 337. The first-order chi connectivity index (χ1) is 7.83. The summed E-state index contributed by atoms with van der Waals surface area (Å²) in [6.45, 7) is 3.71. The van der Waals surface area contributed by atoms with Crippen molar-refractivity contribution in [2.75, 3.05) is 12.9 Å². The maximum atomic E-state index is 12.2. The van der Waals surface area contributed by atoms with Gasteiger partial charge in [-0.25, -0.2) is 0 Å². The molecule has 0 saturated heterocycles. The van der Waals surface area contributed by atoms with Gasteiger partial charge in [0.2, 0.25) is 0 Å². The van der Waals surface area contributed by atoms with Gasteiger partial charge in [0, 0.05) is 24.5 Å². The molecular weight excluding hydrogens is 260 g/mol. The third kappa shape index (κ3) is 3.81. The second kappa shape index (κ2) is 5.87. The van der Waals surface area contributed by atoms with E-state index in [2.05, 4.69) is 4.72 Å². The van der Waals surface area contributed by atoms with Crippen LogP contribution >= 0.6 is 11.6 Å². The SMILES string of the molecule is CC(C)N(C)S(=O)(=O)NC1(CCl)CCCCC1. The molecule has 0 aliphatic heterocycles. The number of nitrogens with one attached hydrogen (secondary N) is 1. The van der Waals surface area contributed by atoms with Crippen molar-refractivity contribution in [3.8, 4) is 0 Å². The molecule has 0 radical (unpaired) electrons. The van der Waals surface area contributed by atoms with Gasteiger partial charge >= 0.3 is 0 Å². The van der Waals surface area contributed by atoms with Gasteiger partial charge in [0.1, 0.15) is 0 Å². The molecule has 6 heteroatoms. The van der Waals surface area contributed by atoms with Crippen LogP contribution in [0.15, 0.2) is 0 Å². The minimum Gasteiger partial charge on any atom is -0.195 e. The monoisotopic (exact) mass is 282 g/mol. The Morgan fingerprint density at radius 1 is 1.29 bits per heavy atom. The summed E-state index contributed by atoms with van der Waals surface area (Å²) in [7, 11) is -1.84. The molecule has 102 valence electrons. The number of alkyl halides is 1. The molecule has 0 aromatic heterocycles. The molecule has 4 nitrogen and oxygen atoms in total. The van der Waals surface area contributed by atoms with E-state index in [1.54, 1.807) is 7.05 Å². The van der Waals surface area contributed by atoms with Crippen molar-refractivity contribution in [3.63, 3.8) is 0 Å². The number of halogens is 1. The first-order valence-corrected chi connectivity index (χ1v) is 8.13. The molecule has 1 aliphatic rings. The molecule has 0 unspecified atom stereocenters. The summed E-state index contributed by atoms with van der Waals surface area (Å²) in [5, 5.41) is 0. The van der Waals surface area contributed by atoms with Gasteiger partial charge < -0.3 is 0 Å². The predicted molar refractivity (Wildman–Crippen MR) is 71.5 cm³/mol. The zero-order valence-electron chi connectivity index (χ0n) is 10.9. The average Bonchev–Trinajstić information content (AvgIpc) is 2.28. The van der Waals surface area contributed by atoms with Gasteiger partial charge in [0.15, 0.2) is 0 Å². The predicted octanol–water partition coefficient (Wildman–Crippen LogP) is 2.10. The van der Waals surface area contributed by atoms with Crippen LogP contribution in [-0.2, 0) is 10.2 Å². The fourth-order valence-corrected chi connectivity index (χ4v) is 4.05. The standard InChI is InChI=1S/C11H23ClN2O2S/c1-10(2)14(3)17(15,16)13-11(9-12)7-5-4-6-8-11/h10,13H,4-9H2,1-3H3. The molecule has 1 fully saturated rings. The van der Waals surface area contributed by atoms with Crippen molar-refractivity contribution in [2.24, 2.45) is 0 Å². The molecule has 0 aromatic carbocycles. The van der Waals surface area contributed by atoms with Crippen LogP contribution in [-0.4, -0.2) is 37.2 Å². The van der Waals surface area contributed by atoms with Gasteiger partial charge in [-0.15, -0.1) is 11.6 Å². The van der Waals surface area contributed by atoms with Crippen LogP contribution in [0.2, 0.25) is 0 Å². The Morgan fingerprint density at radius 3 is 2.24 bits per heavy atom. The largest absolute Gasteiger partial charge is 0.279 e. The number of hydrogen-bond donors (Lipinski definition) is 1. The summed E-state index contributed by atoms with van der Waals surface area (Å²) in [6, 6.07) is -0.0523. The Morgan fingerprint density at radius 2 is 1.82 bits per heavy atom. The van der Waals surface area contributed by atoms with E-state index in [1.807, 2.05) is 13.8 Å². The zero-order chi connectivity index (χ0) is 13.1. The summed E-state index contributed by atoms with van der Waals surface area (Å²) in [5.41, 5.74) is -0.443. The van der Waals surface area contributed by atoms with Crippen molar-refractivity contribution in [3.05, 3.63) is 0 Å². The van der Waals surface area contributed by atoms with Crippen LogP contribution < -0.4 is 4.72 Å². The van der Waals surface area contributed by atoms with Crippen LogP contribution in [0.4, 0.5) is 0 Å². The van der Waals surface area contributed by atoms with Gasteiger partial charge in [-0.3, -0.25) is 0 Å². The summed E-state index contributed by atoms with van der Waals surface area (Å²) in [5.74, 6) is 0.345. The second-order valence-corrected chi connectivity index (χ2v) is 7.19. The zero-order valence-corrected chi connectivity index (χ0v) is 12.4. The molecule has 1 aliphatic carbocycles. The van der Waals surface area contributed by atoms with Crippen LogP contribution in [0, 0.1) is 0 Å². The maximum Gasteiger partial charge on any atom is 0.279 e. The van der Waals surface area contributed by atoms with E-state index < -0.39 is 15.7 Å². The van der Waals surface area contributed by atoms with Crippen LogP contribution in [0.5, 0.6) is 0 Å². The summed E-state index contributed by atoms with van der Waals surface area (Å²) < 4.78 is 28.5. The lowest BCUT2D eigenvalue weighted by molar-refractivity contribution is 0.286. The van der Waals surface area contributed by atoms with E-state index in [0.717, 1.165) is 25.7 Å². The van der Waals surface area contributed by atoms with Gasteiger partial charge in [-0.1, -0.05) is 19.3 Å². The molecule has 0 heterocycles. The minimum atomic E-state index is -3.43. The lowest BCUT2D eigenvalue weighted by Crippen LogP contribution is -2.55. The quantitative estimate of drug-likeness (QED) is 0.785. The van der Waals surface area contributed by atoms with Crippen LogP contribution in [0.3, 0.4) is 0 Å². The van der Waals surface area contributed by atoms with Crippen LogP contribution in [0.25, 0.3) is 0 Å². The highest BCUT2D eigenvalue weighted by molar-refractivity contribution is 7.87. The molecule has 0 bridgehead atoms. The van der Waals surface area contributed by atoms with Crippen molar-refractivity contribution >= 4 is 21.8 Å². The molecule has 17 heavy (non-hydrogen) atoms. The Hall–Kier alpha value is 0.160. The number of rotatable bonds is 5. The third-order valence-corrected chi connectivity index (χ3v) is 5.90. The highest BCUT2D eigenvalue weighted by Gasteiger charge is 2.37. The van der Waals surface area contributed by atoms with E-state index in [-0.39, 0.29) is 6.04 Å². The topological polar surface area (TPSA) is 49.4 Å². The fourth-order valence-electron chi connectivity index (χ4n) is 2.11. The van der Waals surface area contributed by atoms with E-state index in [1.165, 1.54) is 10.7 Å². The molecule has 1 rings (SSSR count). The fraction of sp³-hybridized carbons (Fsp3) is 1.00. The minimum absolute atomic E-state index is 0.0523. The summed E-state index contributed by atoms with van der Waals surface area (Å²) >= 11 is 5.98. The second-order valence-electron chi connectivity index (χ2n) is 5.19. The molecule has 0 amide bonds. The van der Waals surface area contributed by atoms with Crippen LogP contribution in [0.1, 0.15) is 46.0 Å². The van der Waals surface area contributed by atoms with Gasteiger partial charge in [0.05, 0.1) is 0 Å². The Balaban J connectivity index is 2.80. The molecule has 0 atom stereocenters. The molecule has 1 saturated carbocycles. The first kappa shape index (κ1) is 15.2. The average molecular weight is 283 g/mol. The highest BCUT2D eigenvalue weighted by atomic mass is 35.5. The first-order valence-electron chi connectivity index (χ1n) is 6.16. The van der Waals surface area contributed by atoms with Crippen molar-refractivity contribution in [1.82, 2.24) is 9.03 Å². The third-order valence-electron chi connectivity index (χ3n) is 3.52. The van der Waals surface area contributed by atoms with E-state index in [4.69, 9.17) is 11.6 Å². The maximum absolute atomic E-state index is 12.2. The lowest BCUT2D eigenvalue weighted by atomic mass is 9.84. The van der Waals surface area contributed by atoms with Gasteiger partial charge in [-0.05, 0) is 26.7 Å². The Labute approximate surface area is 110 Å². The van der Waals surface area contributed by atoms with Gasteiger partial charge in [-0.2, -0.15) is 17.4 Å². The number of nitrogens with zero attached hydrogens (tertiary/aromatic N) is 1. The normalized spacial score (nSPS) is 21.1. The lowest BCUT2D eigenvalue weighted by Gasteiger charge is -2.37.